The molecule has 0 unspecified atom stereocenters. The number of ether oxygens (including phenoxy) is 5. The monoisotopic (exact) mass is 493 g/mol. The van der Waals surface area contributed by atoms with E-state index in [0.29, 0.717) is 29.6 Å². The van der Waals surface area contributed by atoms with Crippen LogP contribution in [0.4, 0.5) is 0 Å². The largest absolute Gasteiger partial charge is 0.493 e. The number of esters is 2. The van der Waals surface area contributed by atoms with E-state index >= 15 is 0 Å². The molecule has 0 heterocycles. The predicted molar refractivity (Wildman–Crippen MR) is 136 cm³/mol. The molecule has 2 aromatic rings. The number of rotatable bonds is 12. The molecule has 0 aliphatic rings. The van der Waals surface area contributed by atoms with Crippen LogP contribution in [0.1, 0.15) is 38.3 Å². The molecular formula is C28H31NO7. The summed E-state index contributed by atoms with van der Waals surface area (Å²) in [5.41, 5.74) is 1.09. The summed E-state index contributed by atoms with van der Waals surface area (Å²) in [4.78, 5) is 24.2. The van der Waals surface area contributed by atoms with Gasteiger partial charge in [0, 0.05) is 6.08 Å². The highest BCUT2D eigenvalue weighted by molar-refractivity contribution is 5.98. The topological polar surface area (TPSA) is 104 Å². The van der Waals surface area contributed by atoms with Crippen molar-refractivity contribution in [3.63, 3.8) is 0 Å². The van der Waals surface area contributed by atoms with Crippen LogP contribution in [0.3, 0.4) is 0 Å². The van der Waals surface area contributed by atoms with E-state index in [9.17, 15) is 14.9 Å². The summed E-state index contributed by atoms with van der Waals surface area (Å²) in [6, 6.07) is 11.8. The number of methoxy groups -OCH3 is 2. The maximum Gasteiger partial charge on any atom is 0.348 e. The van der Waals surface area contributed by atoms with Crippen LogP contribution in [0.25, 0.3) is 12.2 Å². The molecule has 190 valence electrons. The van der Waals surface area contributed by atoms with Crippen LogP contribution in [0, 0.1) is 17.2 Å². The molecule has 0 amide bonds. The van der Waals surface area contributed by atoms with E-state index in [2.05, 4.69) is 13.8 Å². The Morgan fingerprint density at radius 3 is 2.25 bits per heavy atom. The maximum absolute atomic E-state index is 12.4. The molecule has 8 nitrogen and oxygen atoms in total. The van der Waals surface area contributed by atoms with Crippen LogP contribution in [-0.2, 0) is 14.3 Å². The summed E-state index contributed by atoms with van der Waals surface area (Å²) in [5.74, 6) is 0.860. The standard InChI is InChI=1S/C28H31NO7/c1-6-34-28(31)22(18-29)15-21-8-11-24(26(17-21)33-5)36-27(30)12-9-20-7-10-23(25(16-20)32-4)35-14-13-19(2)3/h7-12,15-17,19H,6,13-14H2,1-5H3/b12-9+,22-15+. The Labute approximate surface area is 211 Å². The van der Waals surface area contributed by atoms with E-state index in [-0.39, 0.29) is 23.7 Å². The van der Waals surface area contributed by atoms with Crippen molar-refractivity contribution in [3.8, 4) is 29.1 Å². The third-order valence-corrected chi connectivity index (χ3v) is 4.88. The Hall–Kier alpha value is -4.25. The number of benzene rings is 2. The molecule has 0 saturated carbocycles. The van der Waals surface area contributed by atoms with Gasteiger partial charge in [0.05, 0.1) is 27.4 Å². The molecule has 0 aliphatic heterocycles. The predicted octanol–water partition coefficient (Wildman–Crippen LogP) is 5.22. The summed E-state index contributed by atoms with van der Waals surface area (Å²) in [6.07, 6.45) is 5.19. The number of carbonyl (C=O) groups excluding carboxylic acids is 2. The van der Waals surface area contributed by atoms with Crippen molar-refractivity contribution in [2.75, 3.05) is 27.4 Å². The minimum absolute atomic E-state index is 0.154. The van der Waals surface area contributed by atoms with Crippen LogP contribution >= 0.6 is 0 Å². The lowest BCUT2D eigenvalue weighted by Crippen LogP contribution is -2.06. The summed E-state index contributed by atoms with van der Waals surface area (Å²) in [7, 11) is 2.98. The molecule has 0 bridgehead atoms. The number of hydrogen-bond donors (Lipinski definition) is 0. The third-order valence-electron chi connectivity index (χ3n) is 4.88. The zero-order valence-electron chi connectivity index (χ0n) is 21.2. The normalized spacial score (nSPS) is 11.2. The molecular weight excluding hydrogens is 462 g/mol. The summed E-state index contributed by atoms with van der Waals surface area (Å²) in [6.45, 7) is 6.66. The maximum atomic E-state index is 12.4. The van der Waals surface area contributed by atoms with Gasteiger partial charge in [-0.2, -0.15) is 5.26 Å². The fraction of sp³-hybridized carbons (Fsp3) is 0.321. The average molecular weight is 494 g/mol. The first-order valence-electron chi connectivity index (χ1n) is 11.5. The molecule has 8 heteroatoms. The number of nitriles is 1. The van der Waals surface area contributed by atoms with Crippen molar-refractivity contribution in [2.24, 2.45) is 5.92 Å². The second-order valence-corrected chi connectivity index (χ2v) is 8.00. The minimum atomic E-state index is -0.716. The second kappa shape index (κ2) is 14.2. The van der Waals surface area contributed by atoms with E-state index in [1.807, 2.05) is 12.1 Å². The van der Waals surface area contributed by atoms with Gasteiger partial charge in [0.15, 0.2) is 23.0 Å². The molecule has 0 N–H and O–H groups in total. The van der Waals surface area contributed by atoms with Crippen molar-refractivity contribution < 1.29 is 33.3 Å². The molecule has 2 aromatic carbocycles. The van der Waals surface area contributed by atoms with E-state index < -0.39 is 11.9 Å². The van der Waals surface area contributed by atoms with Crippen molar-refractivity contribution in [1.82, 2.24) is 0 Å². The average Bonchev–Trinajstić information content (AvgIpc) is 2.87. The first kappa shape index (κ1) is 28.0. The first-order valence-corrected chi connectivity index (χ1v) is 11.5. The highest BCUT2D eigenvalue weighted by Gasteiger charge is 2.13. The van der Waals surface area contributed by atoms with Crippen molar-refractivity contribution >= 4 is 24.1 Å². The fourth-order valence-electron chi connectivity index (χ4n) is 2.99. The van der Waals surface area contributed by atoms with E-state index in [1.54, 1.807) is 44.4 Å². The zero-order valence-corrected chi connectivity index (χ0v) is 21.2. The highest BCUT2D eigenvalue weighted by Crippen LogP contribution is 2.30. The van der Waals surface area contributed by atoms with Crippen LogP contribution in [0.15, 0.2) is 48.0 Å². The molecule has 0 saturated heterocycles. The lowest BCUT2D eigenvalue weighted by Gasteiger charge is -2.12. The van der Waals surface area contributed by atoms with Crippen LogP contribution in [0.5, 0.6) is 23.0 Å². The Kier molecular flexibility index (Phi) is 11.1. The molecule has 0 fully saturated rings. The minimum Gasteiger partial charge on any atom is -0.493 e. The van der Waals surface area contributed by atoms with Crippen molar-refractivity contribution in [3.05, 3.63) is 59.2 Å². The highest BCUT2D eigenvalue weighted by atomic mass is 16.6. The Morgan fingerprint density at radius 2 is 1.61 bits per heavy atom. The van der Waals surface area contributed by atoms with Crippen LogP contribution in [0.2, 0.25) is 0 Å². The Morgan fingerprint density at radius 1 is 0.972 bits per heavy atom. The summed E-state index contributed by atoms with van der Waals surface area (Å²) >= 11 is 0. The van der Waals surface area contributed by atoms with Crippen LogP contribution in [-0.4, -0.2) is 39.4 Å². The molecule has 36 heavy (non-hydrogen) atoms. The number of carbonyl (C=O) groups is 2. The lowest BCUT2D eigenvalue weighted by molar-refractivity contribution is -0.138. The van der Waals surface area contributed by atoms with Gasteiger partial charge in [-0.3, -0.25) is 0 Å². The molecule has 0 aliphatic carbocycles. The zero-order chi connectivity index (χ0) is 26.5. The lowest BCUT2D eigenvalue weighted by atomic mass is 10.1. The van der Waals surface area contributed by atoms with Gasteiger partial charge >= 0.3 is 11.9 Å². The van der Waals surface area contributed by atoms with Gasteiger partial charge in [0.25, 0.3) is 0 Å². The first-order chi connectivity index (χ1) is 17.3. The summed E-state index contributed by atoms with van der Waals surface area (Å²) < 4.78 is 26.8. The van der Waals surface area contributed by atoms with Gasteiger partial charge < -0.3 is 23.7 Å². The van der Waals surface area contributed by atoms with Gasteiger partial charge in [-0.05, 0) is 66.8 Å². The fourth-order valence-corrected chi connectivity index (χ4v) is 2.99. The number of nitrogens with zero attached hydrogens (tertiary/aromatic N) is 1. The van der Waals surface area contributed by atoms with Crippen molar-refractivity contribution in [1.29, 1.82) is 5.26 Å². The molecule has 0 spiro atoms. The molecule has 0 radical (unpaired) electrons. The Balaban J connectivity index is 2.11. The van der Waals surface area contributed by atoms with Gasteiger partial charge in [-0.15, -0.1) is 0 Å². The van der Waals surface area contributed by atoms with E-state index in [0.717, 1.165) is 12.0 Å². The SMILES string of the molecule is CCOC(=O)/C(C#N)=C/c1ccc(OC(=O)/C=C/c2ccc(OCCC(C)C)c(OC)c2)c(OC)c1. The van der Waals surface area contributed by atoms with Crippen LogP contribution < -0.4 is 18.9 Å². The molecule has 0 aromatic heterocycles. The second-order valence-electron chi connectivity index (χ2n) is 8.00. The van der Waals surface area contributed by atoms with Gasteiger partial charge in [0.1, 0.15) is 11.6 Å². The Bertz CT molecular complexity index is 1160. The van der Waals surface area contributed by atoms with E-state index in [4.69, 9.17) is 23.7 Å². The third kappa shape index (κ3) is 8.51. The quantitative estimate of drug-likeness (QED) is 0.172. The molecule has 2 rings (SSSR count). The molecule has 0 atom stereocenters. The van der Waals surface area contributed by atoms with E-state index in [1.165, 1.54) is 25.3 Å². The van der Waals surface area contributed by atoms with Gasteiger partial charge in [-0.25, -0.2) is 9.59 Å². The smallest absolute Gasteiger partial charge is 0.348 e. The van der Waals surface area contributed by atoms with Crippen molar-refractivity contribution in [2.45, 2.75) is 27.2 Å². The number of hydrogen-bond acceptors (Lipinski definition) is 8. The summed E-state index contributed by atoms with van der Waals surface area (Å²) in [5, 5.41) is 9.20. The van der Waals surface area contributed by atoms with Gasteiger partial charge in [-0.1, -0.05) is 26.0 Å². The van der Waals surface area contributed by atoms with Gasteiger partial charge in [0.2, 0.25) is 0 Å².